The summed E-state index contributed by atoms with van der Waals surface area (Å²) < 4.78 is 28.0. The molecule has 0 unspecified atom stereocenters. The van der Waals surface area contributed by atoms with Gasteiger partial charge in [-0.15, -0.1) is 11.3 Å². The predicted molar refractivity (Wildman–Crippen MR) is 86.8 cm³/mol. The molecule has 4 nitrogen and oxygen atoms in total. The van der Waals surface area contributed by atoms with Crippen LogP contribution < -0.4 is 10.0 Å². The highest BCUT2D eigenvalue weighted by Gasteiger charge is 2.16. The monoisotopic (exact) mass is 374 g/mol. The average molecular weight is 375 g/mol. The number of rotatable bonds is 5. The molecule has 1 aromatic heterocycles. The average Bonchev–Trinajstić information content (AvgIpc) is 2.83. The van der Waals surface area contributed by atoms with Crippen molar-refractivity contribution < 1.29 is 8.42 Å². The van der Waals surface area contributed by atoms with Gasteiger partial charge in [-0.2, -0.15) is 0 Å². The van der Waals surface area contributed by atoms with Gasteiger partial charge in [0.25, 0.3) is 10.0 Å². The number of hydrogen-bond acceptors (Lipinski definition) is 4. The molecule has 0 fully saturated rings. The van der Waals surface area contributed by atoms with E-state index in [4.69, 9.17) is 0 Å². The Hall–Kier alpha value is -0.890. The largest absolute Gasteiger partial charge is 0.315 e. The van der Waals surface area contributed by atoms with Crippen molar-refractivity contribution >= 4 is 43.0 Å². The molecule has 2 rings (SSSR count). The Labute approximate surface area is 131 Å². The third-order valence-electron chi connectivity index (χ3n) is 2.72. The lowest BCUT2D eigenvalue weighted by molar-refractivity contribution is 0.601. The van der Waals surface area contributed by atoms with E-state index in [0.29, 0.717) is 17.1 Å². The summed E-state index contributed by atoms with van der Waals surface area (Å²) >= 11 is 4.82. The molecule has 0 amide bonds. The molecule has 20 heavy (non-hydrogen) atoms. The van der Waals surface area contributed by atoms with E-state index >= 15 is 0 Å². The molecule has 2 aromatic rings. The van der Waals surface area contributed by atoms with Crippen LogP contribution in [0.5, 0.6) is 0 Å². The second kappa shape index (κ2) is 6.26. The van der Waals surface area contributed by atoms with Crippen molar-refractivity contribution in [1.29, 1.82) is 0 Å². The van der Waals surface area contributed by atoms with Crippen molar-refractivity contribution in [3.8, 4) is 0 Å². The van der Waals surface area contributed by atoms with Gasteiger partial charge in [-0.25, -0.2) is 8.42 Å². The van der Waals surface area contributed by atoms with Gasteiger partial charge in [-0.3, -0.25) is 4.72 Å². The van der Waals surface area contributed by atoms with E-state index in [0.717, 1.165) is 14.9 Å². The molecular formula is C13H15BrN2O2S2. The van der Waals surface area contributed by atoms with Crippen LogP contribution in [0.3, 0.4) is 0 Å². The molecule has 2 N–H and O–H groups in total. The maximum atomic E-state index is 12.3. The van der Waals surface area contributed by atoms with Crippen LogP contribution in [0.15, 0.2) is 39.0 Å². The number of halogens is 1. The molecule has 1 aromatic carbocycles. The molecule has 7 heteroatoms. The number of aryl methyl sites for hydroxylation is 1. The minimum atomic E-state index is -3.53. The number of anilines is 1. The first kappa shape index (κ1) is 15.5. The Morgan fingerprint density at radius 3 is 2.70 bits per heavy atom. The number of nitrogens with one attached hydrogen (secondary N) is 2. The summed E-state index contributed by atoms with van der Waals surface area (Å²) in [5, 5.41) is 4.65. The van der Waals surface area contributed by atoms with E-state index in [1.807, 2.05) is 20.0 Å². The van der Waals surface area contributed by atoms with E-state index in [-0.39, 0.29) is 0 Å². The quantitative estimate of drug-likeness (QED) is 0.843. The molecule has 0 saturated carbocycles. The molecule has 1 heterocycles. The minimum Gasteiger partial charge on any atom is -0.315 e. The van der Waals surface area contributed by atoms with Crippen LogP contribution in [0, 0.1) is 6.92 Å². The predicted octanol–water partition coefficient (Wildman–Crippen LogP) is 3.34. The zero-order valence-corrected chi connectivity index (χ0v) is 14.3. The number of hydrogen-bond donors (Lipinski definition) is 2. The first-order valence-electron chi connectivity index (χ1n) is 5.93. The summed E-state index contributed by atoms with van der Waals surface area (Å²) in [6.45, 7) is 2.61. The Bertz CT molecular complexity index is 711. The Morgan fingerprint density at radius 1 is 1.30 bits per heavy atom. The van der Waals surface area contributed by atoms with Crippen LogP contribution in [-0.2, 0) is 16.6 Å². The van der Waals surface area contributed by atoms with Crippen LogP contribution in [-0.4, -0.2) is 15.5 Å². The van der Waals surface area contributed by atoms with Crippen LogP contribution in [0.1, 0.15) is 10.4 Å². The zero-order valence-electron chi connectivity index (χ0n) is 11.1. The van der Waals surface area contributed by atoms with Crippen molar-refractivity contribution in [2.75, 3.05) is 11.8 Å². The summed E-state index contributed by atoms with van der Waals surface area (Å²) in [5.41, 5.74) is 1.60. The number of sulfonamides is 1. The lowest BCUT2D eigenvalue weighted by Gasteiger charge is -2.08. The Kier molecular flexibility index (Phi) is 4.85. The van der Waals surface area contributed by atoms with Gasteiger partial charge in [0.15, 0.2) is 0 Å². The number of thiophene rings is 1. The fraction of sp³-hybridized carbons (Fsp3) is 0.231. The molecule has 0 spiro atoms. The maximum Gasteiger partial charge on any atom is 0.262 e. The van der Waals surface area contributed by atoms with Crippen LogP contribution in [0.4, 0.5) is 5.69 Å². The molecule has 108 valence electrons. The van der Waals surface area contributed by atoms with Crippen LogP contribution in [0.2, 0.25) is 0 Å². The zero-order chi connectivity index (χ0) is 14.8. The lowest BCUT2D eigenvalue weighted by Crippen LogP contribution is -2.12. The van der Waals surface area contributed by atoms with Crippen molar-refractivity contribution in [3.05, 3.63) is 44.6 Å². The first-order chi connectivity index (χ1) is 9.42. The minimum absolute atomic E-state index is 0.296. The second-order valence-corrected chi connectivity index (χ2v) is 7.88. The molecule has 0 atom stereocenters. The summed E-state index contributed by atoms with van der Waals surface area (Å²) in [5.74, 6) is 0. The lowest BCUT2D eigenvalue weighted by atomic mass is 10.2. The summed E-state index contributed by atoms with van der Waals surface area (Å²) in [7, 11) is -1.70. The van der Waals surface area contributed by atoms with Gasteiger partial charge in [0.1, 0.15) is 0 Å². The standard InChI is InChI=1S/C13H15BrN2O2S2/c1-9-3-4-10(5-13(9)14)16-20(17,18)12-6-11(7-15-2)19-8-12/h3-6,8,15-16H,7H2,1-2H3. The topological polar surface area (TPSA) is 58.2 Å². The number of benzene rings is 1. The molecule has 0 radical (unpaired) electrons. The van der Waals surface area contributed by atoms with Crippen molar-refractivity contribution in [2.45, 2.75) is 18.4 Å². The van der Waals surface area contributed by atoms with Gasteiger partial charge in [-0.1, -0.05) is 22.0 Å². The fourth-order valence-corrected chi connectivity index (χ4v) is 4.35. The van der Waals surface area contributed by atoms with Crippen molar-refractivity contribution in [3.63, 3.8) is 0 Å². The third-order valence-corrected chi connectivity index (χ3v) is 6.02. The van der Waals surface area contributed by atoms with Gasteiger partial charge in [0.2, 0.25) is 0 Å². The summed E-state index contributed by atoms with van der Waals surface area (Å²) in [6.07, 6.45) is 0. The first-order valence-corrected chi connectivity index (χ1v) is 9.09. The highest BCUT2D eigenvalue weighted by Crippen LogP contribution is 2.25. The fourth-order valence-electron chi connectivity index (χ4n) is 1.64. The van der Waals surface area contributed by atoms with E-state index in [1.54, 1.807) is 23.6 Å². The maximum absolute atomic E-state index is 12.3. The van der Waals surface area contributed by atoms with E-state index < -0.39 is 10.0 Å². The van der Waals surface area contributed by atoms with E-state index in [2.05, 4.69) is 26.0 Å². The van der Waals surface area contributed by atoms with Gasteiger partial charge in [0.05, 0.1) is 4.90 Å². The van der Waals surface area contributed by atoms with Crippen LogP contribution in [0.25, 0.3) is 0 Å². The molecular weight excluding hydrogens is 360 g/mol. The van der Waals surface area contributed by atoms with Gasteiger partial charge in [-0.05, 0) is 37.7 Å². The van der Waals surface area contributed by atoms with Crippen LogP contribution >= 0.6 is 27.3 Å². The normalized spacial score (nSPS) is 11.6. The summed E-state index contributed by atoms with van der Waals surface area (Å²) in [4.78, 5) is 1.28. The smallest absolute Gasteiger partial charge is 0.262 e. The second-order valence-electron chi connectivity index (χ2n) is 4.35. The third kappa shape index (κ3) is 3.60. The van der Waals surface area contributed by atoms with E-state index in [1.165, 1.54) is 11.3 Å². The summed E-state index contributed by atoms with van der Waals surface area (Å²) in [6, 6.07) is 7.06. The molecule has 0 aliphatic heterocycles. The van der Waals surface area contributed by atoms with Gasteiger partial charge in [0, 0.05) is 27.0 Å². The Balaban J connectivity index is 2.23. The van der Waals surface area contributed by atoms with Crippen molar-refractivity contribution in [1.82, 2.24) is 5.32 Å². The van der Waals surface area contributed by atoms with Gasteiger partial charge < -0.3 is 5.32 Å². The molecule has 0 aliphatic carbocycles. The van der Waals surface area contributed by atoms with E-state index in [9.17, 15) is 8.42 Å². The molecule has 0 saturated heterocycles. The molecule has 0 aliphatic rings. The highest BCUT2D eigenvalue weighted by molar-refractivity contribution is 9.10. The SMILES string of the molecule is CNCc1cc(S(=O)(=O)Nc2ccc(C)c(Br)c2)cs1. The van der Waals surface area contributed by atoms with Gasteiger partial charge >= 0.3 is 0 Å². The van der Waals surface area contributed by atoms with Crippen molar-refractivity contribution in [2.24, 2.45) is 0 Å². The molecule has 0 bridgehead atoms. The Morgan fingerprint density at radius 2 is 2.05 bits per heavy atom. The highest BCUT2D eigenvalue weighted by atomic mass is 79.9.